The first kappa shape index (κ1) is 45.7. The normalized spacial score (nSPS) is 17.7. The number of hydrogen-bond acceptors (Lipinski definition) is 5. The van der Waals surface area contributed by atoms with E-state index in [-0.39, 0.29) is 35.5 Å². The zero-order valence-electron chi connectivity index (χ0n) is 33.8. The van der Waals surface area contributed by atoms with Crippen molar-refractivity contribution in [3.8, 4) is 11.8 Å². The molecule has 0 saturated carbocycles. The van der Waals surface area contributed by atoms with Gasteiger partial charge in [-0.05, 0) is 111 Å². The highest BCUT2D eigenvalue weighted by atomic mass is 79.9. The molecule has 2 heterocycles. The molecule has 2 N–H and O–H groups in total. The van der Waals surface area contributed by atoms with Crippen LogP contribution in [0.15, 0.2) is 102 Å². The molecule has 12 heteroatoms. The van der Waals surface area contributed by atoms with Crippen molar-refractivity contribution in [3.63, 3.8) is 0 Å². The van der Waals surface area contributed by atoms with Gasteiger partial charge < -0.3 is 15.5 Å². The third-order valence-electron chi connectivity index (χ3n) is 9.94. The number of carbonyl (C=O) groups excluding carboxylic acids is 2. The molecule has 0 bridgehead atoms. The average Bonchev–Trinajstić information content (AvgIpc) is 3.18. The second-order valence-electron chi connectivity index (χ2n) is 15.5. The van der Waals surface area contributed by atoms with E-state index in [1.165, 1.54) is 24.3 Å². The van der Waals surface area contributed by atoms with E-state index in [2.05, 4.69) is 44.5 Å². The molecule has 2 saturated heterocycles. The Morgan fingerprint density at radius 3 is 1.61 bits per heavy atom. The minimum absolute atomic E-state index is 0.00535. The zero-order valence-corrected chi connectivity index (χ0v) is 36.9. The van der Waals surface area contributed by atoms with Crippen molar-refractivity contribution in [2.75, 3.05) is 39.3 Å². The van der Waals surface area contributed by atoms with E-state index in [1.54, 1.807) is 54.6 Å². The van der Waals surface area contributed by atoms with Crippen LogP contribution in [0.3, 0.4) is 0 Å². The monoisotopic (exact) mass is 903 g/mol. The maximum atomic E-state index is 13.1. The van der Waals surface area contributed by atoms with Crippen LogP contribution in [0.5, 0.6) is 0 Å². The number of carbonyl (C=O) groups is 2. The van der Waals surface area contributed by atoms with E-state index in [0.717, 1.165) is 71.6 Å². The third kappa shape index (κ3) is 14.4. The van der Waals surface area contributed by atoms with Crippen LogP contribution in [-0.4, -0.2) is 88.3 Å². The smallest absolute Gasteiger partial charge is 0.246 e. The maximum absolute atomic E-state index is 13.1. The van der Waals surface area contributed by atoms with Gasteiger partial charge in [-0.2, -0.15) is 0 Å². The fraction of sp³-hybridized carbons (Fsp3) is 0.319. The van der Waals surface area contributed by atoms with Crippen molar-refractivity contribution in [2.45, 2.75) is 58.4 Å². The molecule has 4 aromatic rings. The summed E-state index contributed by atoms with van der Waals surface area (Å²) >= 11 is 15.5. The number of nitrogens with zero attached hydrogens (tertiary/aromatic N) is 4. The van der Waals surface area contributed by atoms with Crippen LogP contribution in [-0.2, 0) is 22.7 Å². The topological polar surface area (TPSA) is 73.1 Å². The first-order chi connectivity index (χ1) is 28.0. The summed E-state index contributed by atoms with van der Waals surface area (Å²) in [6.07, 6.45) is 6.79. The van der Waals surface area contributed by atoms with Crippen LogP contribution in [0.1, 0.15) is 55.5 Å². The van der Waals surface area contributed by atoms with Crippen LogP contribution in [0, 0.1) is 23.5 Å². The molecule has 0 unspecified atom stereocenters. The Morgan fingerprint density at radius 2 is 1.17 bits per heavy atom. The summed E-state index contributed by atoms with van der Waals surface area (Å²) in [5, 5.41) is 1.23. The predicted octanol–water partition coefficient (Wildman–Crippen LogP) is 9.30. The van der Waals surface area contributed by atoms with Crippen LogP contribution >= 0.6 is 39.1 Å². The second-order valence-corrected chi connectivity index (χ2v) is 17.2. The molecule has 2 aliphatic heterocycles. The Labute approximate surface area is 365 Å². The standard InChI is InChI=1S/C26H29ClFN3O.C21H21BrClFN2O/c1-19-17-30(18-20-4-9-24(28)10-5-20)14-15-31(19)25(32)11-7-21-6-8-23(27)16-22(21)12-13-26(2,3)29;1-15-13-25(14-16-2-7-19(24)8-3-16)10-11-26(15)21(27)9-5-17-4-6-18(23)12-20(17)22/h4-11,16,19H,14-15,17-18,29H2,1-3H3;2-9,12,15H,10-11,13-14H2,1H3/b11-7+;9-5+/t19-;15-/m11/s1. The minimum atomic E-state index is -0.623. The number of rotatable bonds is 8. The Morgan fingerprint density at radius 1 is 0.729 bits per heavy atom. The van der Waals surface area contributed by atoms with Crippen molar-refractivity contribution in [1.82, 2.24) is 19.6 Å². The van der Waals surface area contributed by atoms with Crippen LogP contribution in [0.4, 0.5) is 8.78 Å². The SMILES string of the molecule is C[C@@H]1CN(Cc2ccc(F)cc2)CCN1C(=O)/C=C/c1ccc(Cl)cc1Br.C[C@@H]1CN(Cc2ccc(F)cc2)CCN1C(=O)/C=C/c1ccc(Cl)cc1C#CC(C)(C)N. The highest BCUT2D eigenvalue weighted by Crippen LogP contribution is 2.24. The van der Waals surface area contributed by atoms with Gasteiger partial charge in [-0.1, -0.05) is 87.4 Å². The van der Waals surface area contributed by atoms with E-state index in [4.69, 9.17) is 28.9 Å². The van der Waals surface area contributed by atoms with Crippen molar-refractivity contribution in [1.29, 1.82) is 0 Å². The molecule has 4 aromatic carbocycles. The summed E-state index contributed by atoms with van der Waals surface area (Å²) in [6.45, 7) is 13.7. The fourth-order valence-corrected chi connectivity index (χ4v) is 7.85. The molecule has 2 aliphatic rings. The Kier molecular flexibility index (Phi) is 16.5. The molecule has 0 aromatic heterocycles. The maximum Gasteiger partial charge on any atom is 0.246 e. The third-order valence-corrected chi connectivity index (χ3v) is 11.1. The molecule has 59 heavy (non-hydrogen) atoms. The first-order valence-corrected chi connectivity index (χ1v) is 21.1. The predicted molar refractivity (Wildman–Crippen MR) is 240 cm³/mol. The molecule has 2 fully saturated rings. The first-order valence-electron chi connectivity index (χ1n) is 19.5. The van der Waals surface area contributed by atoms with Gasteiger partial charge >= 0.3 is 0 Å². The largest absolute Gasteiger partial charge is 0.334 e. The molecule has 310 valence electrons. The molecular formula is C47H50BrCl2F2N5O2. The number of amides is 2. The lowest BCUT2D eigenvalue weighted by Gasteiger charge is -2.39. The summed E-state index contributed by atoms with van der Waals surface area (Å²) in [5.74, 6) is 5.60. The van der Waals surface area contributed by atoms with Gasteiger partial charge in [0.05, 0.1) is 5.54 Å². The van der Waals surface area contributed by atoms with Crippen molar-refractivity contribution < 1.29 is 18.4 Å². The zero-order chi connectivity index (χ0) is 42.7. The lowest BCUT2D eigenvalue weighted by atomic mass is 10.0. The average molecular weight is 906 g/mol. The van der Waals surface area contributed by atoms with Crippen LogP contribution < -0.4 is 5.73 Å². The summed E-state index contributed by atoms with van der Waals surface area (Å²) in [5.41, 5.74) is 9.96. The Hall–Kier alpha value is -4.34. The molecule has 0 spiro atoms. The molecule has 2 atom stereocenters. The lowest BCUT2D eigenvalue weighted by molar-refractivity contribution is -0.131. The molecule has 0 aliphatic carbocycles. The number of piperazine rings is 2. The van der Waals surface area contributed by atoms with Gasteiger partial charge in [0.1, 0.15) is 11.6 Å². The van der Waals surface area contributed by atoms with Gasteiger partial charge in [0, 0.05) is 96.7 Å². The van der Waals surface area contributed by atoms with Crippen molar-refractivity contribution in [3.05, 3.63) is 151 Å². The highest BCUT2D eigenvalue weighted by molar-refractivity contribution is 9.10. The summed E-state index contributed by atoms with van der Waals surface area (Å²) in [4.78, 5) is 33.8. The van der Waals surface area contributed by atoms with Gasteiger partial charge in [-0.25, -0.2) is 8.78 Å². The molecule has 0 radical (unpaired) electrons. The van der Waals surface area contributed by atoms with Gasteiger partial charge in [-0.15, -0.1) is 0 Å². The van der Waals surface area contributed by atoms with Crippen molar-refractivity contribution >= 4 is 63.1 Å². The quantitative estimate of drug-likeness (QED) is 0.141. The van der Waals surface area contributed by atoms with Gasteiger partial charge in [0.2, 0.25) is 11.8 Å². The lowest BCUT2D eigenvalue weighted by Crippen LogP contribution is -2.53. The van der Waals surface area contributed by atoms with Crippen LogP contribution in [0.2, 0.25) is 10.0 Å². The van der Waals surface area contributed by atoms with Crippen LogP contribution in [0.25, 0.3) is 12.2 Å². The van der Waals surface area contributed by atoms with Gasteiger partial charge in [0.25, 0.3) is 0 Å². The molecular weight excluding hydrogens is 855 g/mol. The molecule has 6 rings (SSSR count). The fourth-order valence-electron chi connectivity index (χ4n) is 6.86. The van der Waals surface area contributed by atoms with E-state index < -0.39 is 5.54 Å². The number of hydrogen-bond donors (Lipinski definition) is 1. The highest BCUT2D eigenvalue weighted by Gasteiger charge is 2.27. The Bertz CT molecular complexity index is 2200. The molecule has 2 amide bonds. The van der Waals surface area contributed by atoms with E-state index in [1.807, 2.05) is 60.9 Å². The van der Waals surface area contributed by atoms with E-state index >= 15 is 0 Å². The number of halogens is 5. The number of benzene rings is 4. The van der Waals surface area contributed by atoms with E-state index in [9.17, 15) is 18.4 Å². The van der Waals surface area contributed by atoms with Gasteiger partial charge in [0.15, 0.2) is 0 Å². The Balaban J connectivity index is 0.000000227. The van der Waals surface area contributed by atoms with Gasteiger partial charge in [-0.3, -0.25) is 19.4 Å². The minimum Gasteiger partial charge on any atom is -0.334 e. The summed E-state index contributed by atoms with van der Waals surface area (Å²) in [7, 11) is 0. The summed E-state index contributed by atoms with van der Waals surface area (Å²) < 4.78 is 27.0. The van der Waals surface area contributed by atoms with Crippen molar-refractivity contribution in [2.24, 2.45) is 5.73 Å². The molecule has 7 nitrogen and oxygen atoms in total. The second kappa shape index (κ2) is 21.3. The summed E-state index contributed by atoms with van der Waals surface area (Å²) in [6, 6.07) is 24.2. The van der Waals surface area contributed by atoms with E-state index in [0.29, 0.717) is 23.1 Å². The number of nitrogens with two attached hydrogens (primary N) is 1.